The molecule has 0 saturated carbocycles. The first-order valence-electron chi connectivity index (χ1n) is 5.07. The quantitative estimate of drug-likeness (QED) is 0.637. The average molecular weight is 258 g/mol. The van der Waals surface area contributed by atoms with Crippen molar-refractivity contribution in [2.45, 2.75) is 20.4 Å². The van der Waals surface area contributed by atoms with Crippen LogP contribution >= 0.6 is 0 Å². The molecule has 94 valence electrons. The summed E-state index contributed by atoms with van der Waals surface area (Å²) in [6.07, 6.45) is 0. The fourth-order valence-corrected chi connectivity index (χ4v) is 1.93. The van der Waals surface area contributed by atoms with Crippen LogP contribution in [0.25, 0.3) is 0 Å². The summed E-state index contributed by atoms with van der Waals surface area (Å²) in [4.78, 5) is 10.2. The number of benzene rings is 1. The van der Waals surface area contributed by atoms with Gasteiger partial charge in [-0.15, -0.1) is 0 Å². The SMILES string of the molecule is CCS(=O)(=O)NCc1cccc([N+](=O)[O-])c1C. The second-order valence-corrected chi connectivity index (χ2v) is 5.64. The smallest absolute Gasteiger partial charge is 0.258 e. The van der Waals surface area contributed by atoms with Gasteiger partial charge in [0.15, 0.2) is 0 Å². The van der Waals surface area contributed by atoms with E-state index in [1.54, 1.807) is 19.1 Å². The number of nitro benzene ring substituents is 1. The maximum absolute atomic E-state index is 11.3. The molecule has 0 radical (unpaired) electrons. The van der Waals surface area contributed by atoms with Crippen molar-refractivity contribution in [2.75, 3.05) is 5.75 Å². The standard InChI is InChI=1S/C10H14N2O4S/c1-3-17(15,16)11-7-9-5-4-6-10(8(9)2)12(13)14/h4-6,11H,3,7H2,1-2H3. The van der Waals surface area contributed by atoms with Gasteiger partial charge in [-0.3, -0.25) is 10.1 Å². The van der Waals surface area contributed by atoms with Gasteiger partial charge in [0.05, 0.1) is 10.7 Å². The molecule has 1 aromatic carbocycles. The van der Waals surface area contributed by atoms with Crippen molar-refractivity contribution in [3.63, 3.8) is 0 Å². The van der Waals surface area contributed by atoms with Gasteiger partial charge < -0.3 is 0 Å². The van der Waals surface area contributed by atoms with Crippen LogP contribution in [0.1, 0.15) is 18.1 Å². The fraction of sp³-hybridized carbons (Fsp3) is 0.400. The van der Waals surface area contributed by atoms with Crippen molar-refractivity contribution < 1.29 is 13.3 Å². The third-order valence-corrected chi connectivity index (χ3v) is 3.82. The molecular formula is C10H14N2O4S. The largest absolute Gasteiger partial charge is 0.272 e. The Morgan fingerprint density at radius 2 is 2.06 bits per heavy atom. The van der Waals surface area contributed by atoms with E-state index in [-0.39, 0.29) is 18.0 Å². The predicted molar refractivity (Wildman–Crippen MR) is 64.1 cm³/mol. The van der Waals surface area contributed by atoms with Crippen molar-refractivity contribution in [2.24, 2.45) is 0 Å². The van der Waals surface area contributed by atoms with Crippen molar-refractivity contribution in [3.05, 3.63) is 39.4 Å². The third kappa shape index (κ3) is 3.50. The summed E-state index contributed by atoms with van der Waals surface area (Å²) in [6.45, 7) is 3.21. The van der Waals surface area contributed by atoms with Crippen LogP contribution in [0.15, 0.2) is 18.2 Å². The summed E-state index contributed by atoms with van der Waals surface area (Å²) in [5.41, 5.74) is 1.09. The van der Waals surface area contributed by atoms with Crippen LogP contribution in [0.4, 0.5) is 5.69 Å². The van der Waals surface area contributed by atoms with E-state index in [1.165, 1.54) is 13.0 Å². The van der Waals surface area contributed by atoms with E-state index in [0.717, 1.165) is 0 Å². The highest BCUT2D eigenvalue weighted by Gasteiger charge is 2.14. The van der Waals surface area contributed by atoms with Gasteiger partial charge in [-0.25, -0.2) is 13.1 Å². The first kappa shape index (κ1) is 13.6. The van der Waals surface area contributed by atoms with Gasteiger partial charge in [-0.1, -0.05) is 12.1 Å². The van der Waals surface area contributed by atoms with Gasteiger partial charge in [0.1, 0.15) is 0 Å². The van der Waals surface area contributed by atoms with Crippen molar-refractivity contribution in [1.82, 2.24) is 4.72 Å². The molecular weight excluding hydrogens is 244 g/mol. The summed E-state index contributed by atoms with van der Waals surface area (Å²) in [5, 5.41) is 10.7. The Labute approximate surface area is 99.9 Å². The Bertz CT molecular complexity index is 525. The average Bonchev–Trinajstić information content (AvgIpc) is 2.27. The van der Waals surface area contributed by atoms with Crippen LogP contribution in [0.2, 0.25) is 0 Å². The minimum Gasteiger partial charge on any atom is -0.258 e. The van der Waals surface area contributed by atoms with Crippen molar-refractivity contribution >= 4 is 15.7 Å². The number of hydrogen-bond donors (Lipinski definition) is 1. The summed E-state index contributed by atoms with van der Waals surface area (Å²) in [7, 11) is -3.29. The molecule has 0 bridgehead atoms. The molecule has 0 aromatic heterocycles. The Hall–Kier alpha value is -1.47. The van der Waals surface area contributed by atoms with Gasteiger partial charge in [-0.2, -0.15) is 0 Å². The third-order valence-electron chi connectivity index (χ3n) is 2.48. The lowest BCUT2D eigenvalue weighted by atomic mass is 10.1. The Balaban J connectivity index is 2.94. The minimum atomic E-state index is -3.29. The van der Waals surface area contributed by atoms with Crippen LogP contribution in [-0.2, 0) is 16.6 Å². The van der Waals surface area contributed by atoms with E-state index < -0.39 is 14.9 Å². The number of nitrogens with one attached hydrogen (secondary N) is 1. The molecule has 1 N–H and O–H groups in total. The predicted octanol–water partition coefficient (Wildman–Crippen LogP) is 1.34. The monoisotopic (exact) mass is 258 g/mol. The van der Waals surface area contributed by atoms with Crippen LogP contribution in [0.3, 0.4) is 0 Å². The Morgan fingerprint density at radius 1 is 1.41 bits per heavy atom. The number of nitrogens with zero attached hydrogens (tertiary/aromatic N) is 1. The minimum absolute atomic E-state index is 0.00167. The molecule has 0 aliphatic heterocycles. The molecule has 1 rings (SSSR count). The molecule has 0 heterocycles. The first-order valence-corrected chi connectivity index (χ1v) is 6.73. The molecule has 7 heteroatoms. The molecule has 0 aliphatic rings. The molecule has 1 aromatic rings. The molecule has 0 aliphatic carbocycles. The lowest BCUT2D eigenvalue weighted by molar-refractivity contribution is -0.385. The van der Waals surface area contributed by atoms with Gasteiger partial charge in [0.2, 0.25) is 10.0 Å². The van der Waals surface area contributed by atoms with Crippen LogP contribution < -0.4 is 4.72 Å². The zero-order chi connectivity index (χ0) is 13.1. The lowest BCUT2D eigenvalue weighted by Gasteiger charge is -2.07. The summed E-state index contributed by atoms with van der Waals surface area (Å²) in [5.74, 6) is -0.0129. The number of nitro groups is 1. The van der Waals surface area contributed by atoms with E-state index in [4.69, 9.17) is 0 Å². The fourth-order valence-electron chi connectivity index (χ4n) is 1.35. The maximum atomic E-state index is 11.3. The summed E-state index contributed by atoms with van der Waals surface area (Å²) < 4.78 is 24.9. The number of hydrogen-bond acceptors (Lipinski definition) is 4. The Kier molecular flexibility index (Phi) is 4.19. The van der Waals surface area contributed by atoms with Crippen molar-refractivity contribution in [3.8, 4) is 0 Å². The van der Waals surface area contributed by atoms with E-state index in [9.17, 15) is 18.5 Å². The molecule has 17 heavy (non-hydrogen) atoms. The lowest BCUT2D eigenvalue weighted by Crippen LogP contribution is -2.25. The highest BCUT2D eigenvalue weighted by molar-refractivity contribution is 7.89. The normalized spacial score (nSPS) is 11.4. The van der Waals surface area contributed by atoms with E-state index in [2.05, 4.69) is 4.72 Å². The highest BCUT2D eigenvalue weighted by Crippen LogP contribution is 2.20. The molecule has 0 unspecified atom stereocenters. The van der Waals surface area contributed by atoms with Crippen LogP contribution in [-0.4, -0.2) is 19.1 Å². The van der Waals surface area contributed by atoms with Gasteiger partial charge in [0.25, 0.3) is 5.69 Å². The molecule has 0 spiro atoms. The number of sulfonamides is 1. The number of rotatable bonds is 5. The summed E-state index contributed by atoms with van der Waals surface area (Å²) >= 11 is 0. The van der Waals surface area contributed by atoms with Gasteiger partial charge in [0, 0.05) is 18.2 Å². The zero-order valence-corrected chi connectivity index (χ0v) is 10.5. The Morgan fingerprint density at radius 3 is 2.59 bits per heavy atom. The van der Waals surface area contributed by atoms with E-state index >= 15 is 0 Å². The van der Waals surface area contributed by atoms with Gasteiger partial charge >= 0.3 is 0 Å². The molecule has 0 fully saturated rings. The second kappa shape index (κ2) is 5.24. The topological polar surface area (TPSA) is 89.3 Å². The highest BCUT2D eigenvalue weighted by atomic mass is 32.2. The van der Waals surface area contributed by atoms with Crippen LogP contribution in [0, 0.1) is 17.0 Å². The van der Waals surface area contributed by atoms with E-state index in [0.29, 0.717) is 11.1 Å². The molecule has 6 nitrogen and oxygen atoms in total. The summed E-state index contributed by atoms with van der Waals surface area (Å²) in [6, 6.07) is 4.61. The first-order chi connectivity index (χ1) is 7.87. The van der Waals surface area contributed by atoms with Crippen LogP contribution in [0.5, 0.6) is 0 Å². The van der Waals surface area contributed by atoms with E-state index in [1.807, 2.05) is 0 Å². The second-order valence-electron chi connectivity index (χ2n) is 3.54. The van der Waals surface area contributed by atoms with Gasteiger partial charge in [-0.05, 0) is 19.4 Å². The van der Waals surface area contributed by atoms with Crippen molar-refractivity contribution in [1.29, 1.82) is 0 Å². The molecule has 0 amide bonds. The molecule has 0 atom stereocenters. The zero-order valence-electron chi connectivity index (χ0n) is 9.63. The molecule has 0 saturated heterocycles. The maximum Gasteiger partial charge on any atom is 0.272 e.